The lowest BCUT2D eigenvalue weighted by atomic mass is 10.0. The molecule has 1 unspecified atom stereocenters. The van der Waals surface area contributed by atoms with Crippen LogP contribution in [0, 0.1) is 11.3 Å². The minimum atomic E-state index is -0.739. The van der Waals surface area contributed by atoms with Crippen LogP contribution in [0.2, 0.25) is 5.15 Å². The fraction of sp³-hybridized carbons (Fsp3) is 0.364. The average molecular weight is 268 g/mol. The molecule has 88 valence electrons. The molecule has 6 heteroatoms. The lowest BCUT2D eigenvalue weighted by Crippen LogP contribution is -2.47. The van der Waals surface area contributed by atoms with Crippen molar-refractivity contribution in [1.82, 2.24) is 10.3 Å². The Kier molecular flexibility index (Phi) is 3.55. The van der Waals surface area contributed by atoms with Crippen LogP contribution in [0.1, 0.15) is 16.8 Å². The van der Waals surface area contributed by atoms with E-state index in [-0.39, 0.29) is 11.1 Å². The van der Waals surface area contributed by atoms with Gasteiger partial charge in [0.2, 0.25) is 0 Å². The van der Waals surface area contributed by atoms with Gasteiger partial charge in [-0.1, -0.05) is 11.6 Å². The Balaban J connectivity index is 2.14. The standard InChI is InChI=1S/C11H10ClN3OS/c12-9-5-8(1-3-14-9)10(16)15-11(6-13)2-4-17-7-11/h1,3,5H,2,4,7H2,(H,15,16). The van der Waals surface area contributed by atoms with E-state index in [1.807, 2.05) is 0 Å². The Morgan fingerprint density at radius 1 is 1.71 bits per heavy atom. The van der Waals surface area contributed by atoms with Crippen LogP contribution in [0.25, 0.3) is 0 Å². The van der Waals surface area contributed by atoms with Crippen molar-refractivity contribution in [2.75, 3.05) is 11.5 Å². The van der Waals surface area contributed by atoms with Crippen LogP contribution in [-0.2, 0) is 0 Å². The Morgan fingerprint density at radius 3 is 3.12 bits per heavy atom. The van der Waals surface area contributed by atoms with E-state index in [1.54, 1.807) is 17.8 Å². The van der Waals surface area contributed by atoms with Crippen molar-refractivity contribution in [2.24, 2.45) is 0 Å². The first-order chi connectivity index (χ1) is 8.15. The highest BCUT2D eigenvalue weighted by atomic mass is 35.5. The van der Waals surface area contributed by atoms with E-state index in [9.17, 15) is 4.79 Å². The summed E-state index contributed by atoms with van der Waals surface area (Å²) >= 11 is 7.38. The molecule has 1 atom stereocenters. The third kappa shape index (κ3) is 2.71. The van der Waals surface area contributed by atoms with Gasteiger partial charge in [0.25, 0.3) is 5.91 Å². The first kappa shape index (κ1) is 12.2. The summed E-state index contributed by atoms with van der Waals surface area (Å²) in [6, 6.07) is 5.26. The van der Waals surface area contributed by atoms with Gasteiger partial charge in [0.05, 0.1) is 6.07 Å². The third-order valence-electron chi connectivity index (χ3n) is 2.58. The van der Waals surface area contributed by atoms with Gasteiger partial charge in [0, 0.05) is 17.5 Å². The second-order valence-electron chi connectivity index (χ2n) is 3.82. The Morgan fingerprint density at radius 2 is 2.53 bits per heavy atom. The number of nitriles is 1. The fourth-order valence-corrected chi connectivity index (χ4v) is 3.05. The lowest BCUT2D eigenvalue weighted by Gasteiger charge is -2.21. The van der Waals surface area contributed by atoms with E-state index in [0.29, 0.717) is 17.7 Å². The van der Waals surface area contributed by atoms with Gasteiger partial charge in [0.15, 0.2) is 0 Å². The summed E-state index contributed by atoms with van der Waals surface area (Å²) in [5.41, 5.74) is -0.311. The second-order valence-corrected chi connectivity index (χ2v) is 5.31. The zero-order chi connectivity index (χ0) is 12.3. The highest BCUT2D eigenvalue weighted by Gasteiger charge is 2.36. The highest BCUT2D eigenvalue weighted by molar-refractivity contribution is 7.99. The van der Waals surface area contributed by atoms with Crippen LogP contribution in [0.15, 0.2) is 18.3 Å². The van der Waals surface area contributed by atoms with E-state index in [2.05, 4.69) is 16.4 Å². The molecule has 4 nitrogen and oxygen atoms in total. The van der Waals surface area contributed by atoms with Crippen molar-refractivity contribution in [3.05, 3.63) is 29.0 Å². The molecule has 17 heavy (non-hydrogen) atoms. The van der Waals surface area contributed by atoms with E-state index >= 15 is 0 Å². The number of nitrogens with one attached hydrogen (secondary N) is 1. The number of carbonyl (C=O) groups is 1. The number of nitrogens with zero attached hydrogens (tertiary/aromatic N) is 2. The molecule has 2 rings (SSSR count). The molecule has 0 aromatic carbocycles. The van der Waals surface area contributed by atoms with Crippen LogP contribution in [0.4, 0.5) is 0 Å². The summed E-state index contributed by atoms with van der Waals surface area (Å²) in [4.78, 5) is 15.8. The normalized spacial score (nSPS) is 23.1. The van der Waals surface area contributed by atoms with E-state index in [0.717, 1.165) is 5.75 Å². The van der Waals surface area contributed by atoms with Crippen molar-refractivity contribution < 1.29 is 4.79 Å². The van der Waals surface area contributed by atoms with E-state index in [4.69, 9.17) is 16.9 Å². The van der Waals surface area contributed by atoms with Crippen molar-refractivity contribution in [3.63, 3.8) is 0 Å². The van der Waals surface area contributed by atoms with Crippen molar-refractivity contribution in [3.8, 4) is 6.07 Å². The van der Waals surface area contributed by atoms with Gasteiger partial charge in [0.1, 0.15) is 10.7 Å². The number of aromatic nitrogens is 1. The van der Waals surface area contributed by atoms with Gasteiger partial charge < -0.3 is 5.32 Å². The number of rotatable bonds is 2. The number of amides is 1. The van der Waals surface area contributed by atoms with Crippen LogP contribution in [-0.4, -0.2) is 27.9 Å². The van der Waals surface area contributed by atoms with Crippen molar-refractivity contribution in [2.45, 2.75) is 12.0 Å². The van der Waals surface area contributed by atoms with Gasteiger partial charge >= 0.3 is 0 Å². The molecule has 0 spiro atoms. The molecule has 1 aliphatic rings. The zero-order valence-corrected chi connectivity index (χ0v) is 10.5. The predicted octanol–water partition coefficient (Wildman–Crippen LogP) is 1.86. The maximum absolute atomic E-state index is 12.0. The van der Waals surface area contributed by atoms with Crippen LogP contribution < -0.4 is 5.32 Å². The highest BCUT2D eigenvalue weighted by Crippen LogP contribution is 2.27. The van der Waals surface area contributed by atoms with Crippen LogP contribution >= 0.6 is 23.4 Å². The quantitative estimate of drug-likeness (QED) is 0.831. The molecule has 1 aromatic heterocycles. The lowest BCUT2D eigenvalue weighted by molar-refractivity contribution is 0.0926. The number of thioether (sulfide) groups is 1. The SMILES string of the molecule is N#CC1(NC(=O)c2ccnc(Cl)c2)CCSC1. The molecule has 0 bridgehead atoms. The summed E-state index contributed by atoms with van der Waals surface area (Å²) in [5, 5.41) is 12.2. The summed E-state index contributed by atoms with van der Waals surface area (Å²) in [7, 11) is 0. The maximum Gasteiger partial charge on any atom is 0.252 e. The summed E-state index contributed by atoms with van der Waals surface area (Å²) in [5.74, 6) is 1.25. The van der Waals surface area contributed by atoms with Gasteiger partial charge in [-0.15, -0.1) is 0 Å². The molecule has 1 aliphatic heterocycles. The molecule has 2 heterocycles. The van der Waals surface area contributed by atoms with Gasteiger partial charge in [-0.2, -0.15) is 17.0 Å². The first-order valence-corrected chi connectivity index (χ1v) is 6.61. The Hall–Kier alpha value is -1.25. The van der Waals surface area contributed by atoms with Crippen molar-refractivity contribution in [1.29, 1.82) is 5.26 Å². The summed E-state index contributed by atoms with van der Waals surface area (Å²) in [6.07, 6.45) is 2.15. The average Bonchev–Trinajstić information content (AvgIpc) is 2.78. The van der Waals surface area contributed by atoms with Gasteiger partial charge in [-0.05, 0) is 24.3 Å². The molecule has 1 N–H and O–H groups in total. The molecule has 1 fully saturated rings. The molecular weight excluding hydrogens is 258 g/mol. The largest absolute Gasteiger partial charge is 0.333 e. The van der Waals surface area contributed by atoms with Crippen LogP contribution in [0.3, 0.4) is 0 Å². The third-order valence-corrected chi connectivity index (χ3v) is 3.97. The molecule has 0 saturated carbocycles. The predicted molar refractivity (Wildman–Crippen MR) is 67.0 cm³/mol. The minimum Gasteiger partial charge on any atom is -0.333 e. The molecule has 0 aliphatic carbocycles. The summed E-state index contributed by atoms with van der Waals surface area (Å²) in [6.45, 7) is 0. The monoisotopic (exact) mass is 267 g/mol. The van der Waals surface area contributed by atoms with E-state index < -0.39 is 5.54 Å². The van der Waals surface area contributed by atoms with Gasteiger partial charge in [-0.25, -0.2) is 4.98 Å². The molecule has 1 aromatic rings. The van der Waals surface area contributed by atoms with Gasteiger partial charge in [-0.3, -0.25) is 4.79 Å². The van der Waals surface area contributed by atoms with Crippen molar-refractivity contribution >= 4 is 29.3 Å². The number of hydrogen-bond donors (Lipinski definition) is 1. The zero-order valence-electron chi connectivity index (χ0n) is 8.94. The molecular formula is C11H10ClN3OS. The minimum absolute atomic E-state index is 0.268. The Labute approximate surface area is 108 Å². The number of pyridine rings is 1. The summed E-state index contributed by atoms with van der Waals surface area (Å²) < 4.78 is 0. The Bertz CT molecular complexity index is 480. The topological polar surface area (TPSA) is 65.8 Å². The molecule has 0 radical (unpaired) electrons. The second kappa shape index (κ2) is 4.94. The number of halogens is 1. The van der Waals surface area contributed by atoms with Crippen LogP contribution in [0.5, 0.6) is 0 Å². The number of hydrogen-bond acceptors (Lipinski definition) is 4. The van der Waals surface area contributed by atoms with E-state index in [1.165, 1.54) is 12.3 Å². The smallest absolute Gasteiger partial charge is 0.252 e. The molecule has 1 saturated heterocycles. The maximum atomic E-state index is 12.0. The first-order valence-electron chi connectivity index (χ1n) is 5.08. The molecule has 1 amide bonds. The number of carbonyl (C=O) groups excluding carboxylic acids is 1. The fourth-order valence-electron chi connectivity index (χ4n) is 1.61.